The third-order valence-corrected chi connectivity index (χ3v) is 5.68. The van der Waals surface area contributed by atoms with Crippen molar-refractivity contribution in [2.24, 2.45) is 5.92 Å². The number of amides is 1. The summed E-state index contributed by atoms with van der Waals surface area (Å²) in [5.41, 5.74) is 3.19. The van der Waals surface area contributed by atoms with Crippen LogP contribution in [0.3, 0.4) is 0 Å². The molecule has 1 atom stereocenters. The quantitative estimate of drug-likeness (QED) is 0.588. The molecular formula is C22H25N5O. The Morgan fingerprint density at radius 3 is 2.79 bits per heavy atom. The van der Waals surface area contributed by atoms with Crippen LogP contribution in [-0.4, -0.2) is 27.9 Å². The molecule has 2 aliphatic carbocycles. The van der Waals surface area contributed by atoms with Crippen molar-refractivity contribution in [1.82, 2.24) is 20.3 Å². The third-order valence-electron chi connectivity index (χ3n) is 5.68. The standard InChI is InChI=1S/C22H25N5O/c1-23-20-11-19(25-21(27-20)13-6-7-13)18(26-22(28)14-8-9-14)10-15-12-24-17-5-3-2-4-16(15)17/h2-5,11-14,18,24H,6-10H2,1H3,(H,26,28)(H,23,25,27)/t18-/m0/s1. The van der Waals surface area contributed by atoms with E-state index in [9.17, 15) is 4.79 Å². The molecule has 3 aromatic rings. The first-order chi connectivity index (χ1) is 13.7. The zero-order valence-electron chi connectivity index (χ0n) is 16.0. The number of anilines is 1. The first-order valence-electron chi connectivity index (χ1n) is 10.1. The van der Waals surface area contributed by atoms with Gasteiger partial charge in [-0.2, -0.15) is 0 Å². The summed E-state index contributed by atoms with van der Waals surface area (Å²) in [6.45, 7) is 0. The number of aromatic nitrogens is 3. The summed E-state index contributed by atoms with van der Waals surface area (Å²) in [7, 11) is 1.88. The van der Waals surface area contributed by atoms with Crippen molar-refractivity contribution in [3.8, 4) is 0 Å². The number of nitrogens with zero attached hydrogens (tertiary/aromatic N) is 2. The van der Waals surface area contributed by atoms with Gasteiger partial charge >= 0.3 is 0 Å². The van der Waals surface area contributed by atoms with Gasteiger partial charge in [0.15, 0.2) is 0 Å². The highest BCUT2D eigenvalue weighted by Crippen LogP contribution is 2.39. The summed E-state index contributed by atoms with van der Waals surface area (Å²) in [4.78, 5) is 25.4. The fourth-order valence-electron chi connectivity index (χ4n) is 3.70. The molecule has 6 heteroatoms. The van der Waals surface area contributed by atoms with Crippen LogP contribution in [-0.2, 0) is 11.2 Å². The van der Waals surface area contributed by atoms with Crippen LogP contribution in [0.4, 0.5) is 5.82 Å². The van der Waals surface area contributed by atoms with Gasteiger partial charge in [-0.05, 0) is 37.3 Å². The van der Waals surface area contributed by atoms with Gasteiger partial charge < -0.3 is 15.6 Å². The fourth-order valence-corrected chi connectivity index (χ4v) is 3.70. The van der Waals surface area contributed by atoms with E-state index in [4.69, 9.17) is 4.98 Å². The maximum absolute atomic E-state index is 12.6. The maximum atomic E-state index is 12.6. The van der Waals surface area contributed by atoms with Gasteiger partial charge in [0.25, 0.3) is 0 Å². The van der Waals surface area contributed by atoms with Crippen molar-refractivity contribution in [2.75, 3.05) is 12.4 Å². The van der Waals surface area contributed by atoms with E-state index in [1.54, 1.807) is 0 Å². The number of benzene rings is 1. The summed E-state index contributed by atoms with van der Waals surface area (Å²) < 4.78 is 0. The molecule has 0 unspecified atom stereocenters. The van der Waals surface area contributed by atoms with E-state index >= 15 is 0 Å². The van der Waals surface area contributed by atoms with Gasteiger partial charge in [0.05, 0.1) is 11.7 Å². The van der Waals surface area contributed by atoms with Gasteiger partial charge in [-0.25, -0.2) is 9.97 Å². The Hall–Kier alpha value is -2.89. The number of carbonyl (C=O) groups is 1. The molecule has 144 valence electrons. The van der Waals surface area contributed by atoms with E-state index in [0.29, 0.717) is 12.3 Å². The van der Waals surface area contributed by atoms with Crippen LogP contribution in [0.25, 0.3) is 10.9 Å². The average molecular weight is 375 g/mol. The van der Waals surface area contributed by atoms with Crippen LogP contribution in [0.1, 0.15) is 54.7 Å². The first kappa shape index (κ1) is 17.2. The summed E-state index contributed by atoms with van der Waals surface area (Å²) >= 11 is 0. The van der Waals surface area contributed by atoms with Crippen molar-refractivity contribution in [3.05, 3.63) is 53.6 Å². The van der Waals surface area contributed by atoms with Gasteiger partial charge in [-0.1, -0.05) is 18.2 Å². The SMILES string of the molecule is CNc1cc([C@H](Cc2c[nH]c3ccccc23)NC(=O)C2CC2)nc(C2CC2)n1. The number of rotatable bonds is 7. The van der Waals surface area contributed by atoms with Crippen LogP contribution in [0.2, 0.25) is 0 Å². The number of hydrogen-bond acceptors (Lipinski definition) is 4. The second-order valence-electron chi connectivity index (χ2n) is 7.96. The van der Waals surface area contributed by atoms with E-state index in [-0.39, 0.29) is 17.9 Å². The van der Waals surface area contributed by atoms with Gasteiger partial charge in [0.2, 0.25) is 5.91 Å². The van der Waals surface area contributed by atoms with Crippen LogP contribution in [0.15, 0.2) is 36.5 Å². The number of fused-ring (bicyclic) bond motifs is 1. The molecule has 5 rings (SSSR count). The third kappa shape index (κ3) is 3.46. The molecule has 2 fully saturated rings. The van der Waals surface area contributed by atoms with E-state index in [1.807, 2.05) is 31.4 Å². The van der Waals surface area contributed by atoms with Crippen molar-refractivity contribution in [1.29, 1.82) is 0 Å². The molecule has 0 aliphatic heterocycles. The lowest BCUT2D eigenvalue weighted by molar-refractivity contribution is -0.123. The highest BCUT2D eigenvalue weighted by atomic mass is 16.2. The lowest BCUT2D eigenvalue weighted by Crippen LogP contribution is -2.32. The fraction of sp³-hybridized carbons (Fsp3) is 0.409. The molecule has 2 saturated carbocycles. The lowest BCUT2D eigenvalue weighted by Gasteiger charge is -2.20. The summed E-state index contributed by atoms with van der Waals surface area (Å²) in [6, 6.07) is 10.1. The topological polar surface area (TPSA) is 82.7 Å². The molecule has 0 bridgehead atoms. The monoisotopic (exact) mass is 375 g/mol. The summed E-state index contributed by atoms with van der Waals surface area (Å²) in [5.74, 6) is 2.48. The molecule has 2 aliphatic rings. The molecule has 28 heavy (non-hydrogen) atoms. The molecular weight excluding hydrogens is 350 g/mol. The number of para-hydroxylation sites is 1. The Kier molecular flexibility index (Phi) is 4.26. The summed E-state index contributed by atoms with van der Waals surface area (Å²) in [5, 5.41) is 7.61. The van der Waals surface area contributed by atoms with E-state index in [2.05, 4.69) is 32.7 Å². The van der Waals surface area contributed by atoms with E-state index in [1.165, 1.54) is 10.9 Å². The Morgan fingerprint density at radius 2 is 2.04 bits per heavy atom. The lowest BCUT2D eigenvalue weighted by atomic mass is 10.0. The van der Waals surface area contributed by atoms with E-state index in [0.717, 1.165) is 48.5 Å². The molecule has 0 spiro atoms. The second-order valence-corrected chi connectivity index (χ2v) is 7.96. The number of carbonyl (C=O) groups excluding carboxylic acids is 1. The smallest absolute Gasteiger partial charge is 0.223 e. The molecule has 2 heterocycles. The predicted molar refractivity (Wildman–Crippen MR) is 109 cm³/mol. The molecule has 3 N–H and O–H groups in total. The highest BCUT2D eigenvalue weighted by molar-refractivity contribution is 5.84. The van der Waals surface area contributed by atoms with Crippen molar-refractivity contribution < 1.29 is 4.79 Å². The van der Waals surface area contributed by atoms with E-state index < -0.39 is 0 Å². The molecule has 2 aromatic heterocycles. The Morgan fingerprint density at radius 1 is 1.21 bits per heavy atom. The second kappa shape index (κ2) is 6.93. The highest BCUT2D eigenvalue weighted by Gasteiger charge is 2.33. The van der Waals surface area contributed by atoms with Crippen molar-refractivity contribution in [3.63, 3.8) is 0 Å². The normalized spacial score (nSPS) is 17.5. The predicted octanol–water partition coefficient (Wildman–Crippen LogP) is 3.69. The minimum absolute atomic E-state index is 0.141. The molecule has 1 aromatic carbocycles. The molecule has 6 nitrogen and oxygen atoms in total. The van der Waals surface area contributed by atoms with Crippen LogP contribution < -0.4 is 10.6 Å². The van der Waals surface area contributed by atoms with Crippen LogP contribution in [0, 0.1) is 5.92 Å². The average Bonchev–Trinajstić information content (AvgIpc) is 3.64. The van der Waals surface area contributed by atoms with Gasteiger partial charge in [0, 0.05) is 48.5 Å². The van der Waals surface area contributed by atoms with Crippen LogP contribution in [0.5, 0.6) is 0 Å². The van der Waals surface area contributed by atoms with Gasteiger partial charge in [0.1, 0.15) is 11.6 Å². The molecule has 1 amide bonds. The molecule has 0 saturated heterocycles. The number of nitrogens with one attached hydrogen (secondary N) is 3. The Labute approximate surface area is 164 Å². The van der Waals surface area contributed by atoms with Gasteiger partial charge in [-0.15, -0.1) is 0 Å². The first-order valence-corrected chi connectivity index (χ1v) is 10.1. The summed E-state index contributed by atoms with van der Waals surface area (Å²) in [6.07, 6.45) is 7.02. The molecule has 0 radical (unpaired) electrons. The Bertz CT molecular complexity index is 1020. The van der Waals surface area contributed by atoms with Crippen LogP contribution >= 0.6 is 0 Å². The largest absolute Gasteiger partial charge is 0.373 e. The Balaban J connectivity index is 1.50. The van der Waals surface area contributed by atoms with Gasteiger partial charge in [-0.3, -0.25) is 4.79 Å². The minimum atomic E-state index is -0.167. The maximum Gasteiger partial charge on any atom is 0.223 e. The van der Waals surface area contributed by atoms with Crippen molar-refractivity contribution in [2.45, 2.75) is 44.1 Å². The number of aromatic amines is 1. The zero-order valence-corrected chi connectivity index (χ0v) is 16.0. The van der Waals surface area contributed by atoms with Crippen molar-refractivity contribution >= 4 is 22.6 Å². The zero-order chi connectivity index (χ0) is 19.1. The number of hydrogen-bond donors (Lipinski definition) is 3. The number of H-pyrrole nitrogens is 1. The minimum Gasteiger partial charge on any atom is -0.373 e.